The maximum atomic E-state index is 12.0. The summed E-state index contributed by atoms with van der Waals surface area (Å²) in [6.07, 6.45) is -1.50. The molecule has 0 bridgehead atoms. The number of allylic oxidation sites excluding steroid dienone is 1. The molecule has 0 fully saturated rings. The summed E-state index contributed by atoms with van der Waals surface area (Å²) in [4.78, 5) is 11.8. The summed E-state index contributed by atoms with van der Waals surface area (Å²) in [6, 6.07) is 6.26. The third kappa shape index (κ3) is 7.83. The van der Waals surface area contributed by atoms with Crippen molar-refractivity contribution in [1.82, 2.24) is 0 Å². The summed E-state index contributed by atoms with van der Waals surface area (Å²) >= 11 is 0. The fraction of sp³-hybridized carbons (Fsp3) is 0.438. The molecule has 6 heteroatoms. The van der Waals surface area contributed by atoms with Gasteiger partial charge in [-0.15, -0.1) is 0 Å². The molecular formula is C16H19F3O3. The highest BCUT2D eigenvalue weighted by Gasteiger charge is 2.26. The van der Waals surface area contributed by atoms with Gasteiger partial charge >= 0.3 is 6.18 Å². The molecule has 0 aliphatic carbocycles. The van der Waals surface area contributed by atoms with Gasteiger partial charge in [0.1, 0.15) is 12.4 Å². The van der Waals surface area contributed by atoms with Crippen LogP contribution in [0.5, 0.6) is 5.75 Å². The van der Waals surface area contributed by atoms with Gasteiger partial charge in [0.15, 0.2) is 5.78 Å². The van der Waals surface area contributed by atoms with E-state index in [1.165, 1.54) is 0 Å². The number of alkyl halides is 3. The van der Waals surface area contributed by atoms with Gasteiger partial charge in [-0.25, -0.2) is 0 Å². The Morgan fingerprint density at radius 3 is 2.50 bits per heavy atom. The number of ether oxygens (including phenoxy) is 2. The summed E-state index contributed by atoms with van der Waals surface area (Å²) in [5, 5.41) is 0. The lowest BCUT2D eigenvalue weighted by atomic mass is 10.1. The monoisotopic (exact) mass is 316 g/mol. The molecule has 0 heterocycles. The second kappa shape index (κ2) is 9.25. The molecule has 0 spiro atoms. The van der Waals surface area contributed by atoms with E-state index in [1.54, 1.807) is 30.3 Å². The number of carbonyl (C=O) groups is 1. The zero-order chi connectivity index (χ0) is 16.4. The zero-order valence-corrected chi connectivity index (χ0v) is 12.4. The highest BCUT2D eigenvalue weighted by Crippen LogP contribution is 2.21. The number of benzene rings is 1. The quantitative estimate of drug-likeness (QED) is 0.389. The lowest BCUT2D eigenvalue weighted by Gasteiger charge is -2.08. The van der Waals surface area contributed by atoms with Gasteiger partial charge in [-0.05, 0) is 37.6 Å². The van der Waals surface area contributed by atoms with Crippen LogP contribution in [-0.2, 0) is 4.74 Å². The van der Waals surface area contributed by atoms with Gasteiger partial charge in [0.2, 0.25) is 0 Å². The van der Waals surface area contributed by atoms with Crippen LogP contribution in [0.1, 0.15) is 30.1 Å². The Bertz CT molecular complexity index is 478. The van der Waals surface area contributed by atoms with Gasteiger partial charge in [-0.2, -0.15) is 13.2 Å². The van der Waals surface area contributed by atoms with E-state index in [0.29, 0.717) is 17.9 Å². The zero-order valence-electron chi connectivity index (χ0n) is 12.4. The van der Waals surface area contributed by atoms with Crippen molar-refractivity contribution >= 4 is 5.78 Å². The molecule has 1 aromatic rings. The fourth-order valence-corrected chi connectivity index (χ4v) is 1.60. The molecule has 0 unspecified atom stereocenters. The molecule has 0 radical (unpaired) electrons. The minimum Gasteiger partial charge on any atom is -0.494 e. The molecule has 1 aromatic carbocycles. The van der Waals surface area contributed by atoms with E-state index in [-0.39, 0.29) is 25.4 Å². The predicted octanol–water partition coefficient (Wildman–Crippen LogP) is 4.18. The Labute approximate surface area is 127 Å². The van der Waals surface area contributed by atoms with Crippen LogP contribution in [0.3, 0.4) is 0 Å². The summed E-state index contributed by atoms with van der Waals surface area (Å²) in [5.41, 5.74) is 0.475. The van der Waals surface area contributed by atoms with Crippen molar-refractivity contribution in [1.29, 1.82) is 0 Å². The van der Waals surface area contributed by atoms with Gasteiger partial charge < -0.3 is 9.47 Å². The van der Waals surface area contributed by atoms with E-state index in [1.807, 2.05) is 13.0 Å². The molecule has 0 saturated carbocycles. The van der Waals surface area contributed by atoms with Crippen molar-refractivity contribution in [3.8, 4) is 5.75 Å². The van der Waals surface area contributed by atoms with Crippen molar-refractivity contribution in [2.24, 2.45) is 0 Å². The summed E-state index contributed by atoms with van der Waals surface area (Å²) in [7, 11) is 0. The molecule has 0 atom stereocenters. The first-order chi connectivity index (χ1) is 10.4. The van der Waals surface area contributed by atoms with Crippen LogP contribution < -0.4 is 4.74 Å². The largest absolute Gasteiger partial charge is 0.494 e. The predicted molar refractivity (Wildman–Crippen MR) is 77.2 cm³/mol. The highest BCUT2D eigenvalue weighted by molar-refractivity contribution is 5.97. The number of hydrogen-bond donors (Lipinski definition) is 0. The third-order valence-corrected chi connectivity index (χ3v) is 2.73. The van der Waals surface area contributed by atoms with Gasteiger partial charge in [0.25, 0.3) is 0 Å². The normalized spacial score (nSPS) is 11.8. The molecule has 0 aliphatic heterocycles. The topological polar surface area (TPSA) is 35.5 Å². The Morgan fingerprint density at radius 1 is 1.23 bits per heavy atom. The first kappa shape index (κ1) is 18.2. The summed E-state index contributed by atoms with van der Waals surface area (Å²) in [5.74, 6) is 0.279. The minimum atomic E-state index is -4.16. The molecule has 0 amide bonds. The number of halogens is 3. The van der Waals surface area contributed by atoms with E-state index < -0.39 is 12.6 Å². The second-order valence-corrected chi connectivity index (χ2v) is 4.60. The fourth-order valence-electron chi connectivity index (χ4n) is 1.60. The Kier molecular flexibility index (Phi) is 7.66. The van der Waals surface area contributed by atoms with Crippen LogP contribution in [0.2, 0.25) is 0 Å². The second-order valence-electron chi connectivity index (χ2n) is 4.60. The number of Topliss-reactive ketones (excluding diaryl/α,β-unsaturated/α-hetero) is 1. The van der Waals surface area contributed by atoms with E-state index >= 15 is 0 Å². The number of carbonyl (C=O) groups excluding carboxylic acids is 1. The van der Waals surface area contributed by atoms with Crippen molar-refractivity contribution < 1.29 is 27.4 Å². The molecule has 0 aliphatic rings. The molecule has 0 aromatic heterocycles. The smallest absolute Gasteiger partial charge is 0.389 e. The molecule has 122 valence electrons. The molecule has 0 saturated heterocycles. The first-order valence-corrected chi connectivity index (χ1v) is 6.94. The lowest BCUT2D eigenvalue weighted by molar-refractivity contribution is -0.136. The molecule has 0 N–H and O–H groups in total. The average molecular weight is 316 g/mol. The Hall–Kier alpha value is -1.82. The first-order valence-electron chi connectivity index (χ1n) is 6.94. The minimum absolute atomic E-state index is 0.0146. The van der Waals surface area contributed by atoms with Crippen molar-refractivity contribution in [2.45, 2.75) is 25.9 Å². The van der Waals surface area contributed by atoms with Crippen molar-refractivity contribution in [2.75, 3.05) is 19.8 Å². The summed E-state index contributed by atoms with van der Waals surface area (Å²) in [6.45, 7) is 2.21. The third-order valence-electron chi connectivity index (χ3n) is 2.73. The van der Waals surface area contributed by atoms with E-state index in [4.69, 9.17) is 9.47 Å². The van der Waals surface area contributed by atoms with Gasteiger partial charge in [-0.1, -0.05) is 12.2 Å². The Balaban J connectivity index is 2.34. The molecule has 22 heavy (non-hydrogen) atoms. The summed E-state index contributed by atoms with van der Waals surface area (Å²) < 4.78 is 46.2. The van der Waals surface area contributed by atoms with Crippen molar-refractivity contribution in [3.05, 3.63) is 42.0 Å². The van der Waals surface area contributed by atoms with E-state index in [2.05, 4.69) is 0 Å². The van der Waals surface area contributed by atoms with Crippen LogP contribution >= 0.6 is 0 Å². The van der Waals surface area contributed by atoms with E-state index in [0.717, 1.165) is 0 Å². The Morgan fingerprint density at radius 2 is 1.91 bits per heavy atom. The molecule has 3 nitrogen and oxygen atoms in total. The maximum Gasteiger partial charge on any atom is 0.389 e. The van der Waals surface area contributed by atoms with Crippen LogP contribution in [0.15, 0.2) is 36.4 Å². The van der Waals surface area contributed by atoms with Crippen LogP contribution in [0, 0.1) is 0 Å². The van der Waals surface area contributed by atoms with Gasteiger partial charge in [-0.3, -0.25) is 4.79 Å². The number of rotatable bonds is 9. The van der Waals surface area contributed by atoms with E-state index in [9.17, 15) is 18.0 Å². The standard InChI is InChI=1S/C16H19F3O3/c1-2-3-10-21-12-15(20)13-5-7-14(8-6-13)22-11-4-9-16(17,18)19/h2-3,5-8H,4,9-12H2,1H3/b3-2+. The van der Waals surface area contributed by atoms with Crippen LogP contribution in [0.25, 0.3) is 0 Å². The number of hydrogen-bond acceptors (Lipinski definition) is 3. The van der Waals surface area contributed by atoms with Crippen molar-refractivity contribution in [3.63, 3.8) is 0 Å². The number of ketones is 1. The van der Waals surface area contributed by atoms with Crippen LogP contribution in [-0.4, -0.2) is 31.8 Å². The van der Waals surface area contributed by atoms with Gasteiger partial charge in [0, 0.05) is 12.0 Å². The van der Waals surface area contributed by atoms with Gasteiger partial charge in [0.05, 0.1) is 13.2 Å². The molecular weight excluding hydrogens is 297 g/mol. The highest BCUT2D eigenvalue weighted by atomic mass is 19.4. The maximum absolute atomic E-state index is 12.0. The lowest BCUT2D eigenvalue weighted by Crippen LogP contribution is -2.10. The van der Waals surface area contributed by atoms with Crippen LogP contribution in [0.4, 0.5) is 13.2 Å². The SMILES string of the molecule is C/C=C/COCC(=O)c1ccc(OCCCC(F)(F)F)cc1. The average Bonchev–Trinajstić information content (AvgIpc) is 2.47. The molecule has 1 rings (SSSR count).